The number of carbonyl (C=O) groups is 4. The number of carbonyl (C=O) groups excluding carboxylic acids is 3. The molecule has 0 aliphatic carbocycles. The molecule has 4 atom stereocenters. The predicted molar refractivity (Wildman–Crippen MR) is 103 cm³/mol. The number of nitrogens with one attached hydrogen (secondary N) is 3. The predicted octanol–water partition coefficient (Wildman–Crippen LogP) is -1.04. The minimum atomic E-state index is -1.30. The zero-order valence-electron chi connectivity index (χ0n) is 17.2. The normalized spacial score (nSPS) is 15.5. The van der Waals surface area contributed by atoms with Crippen LogP contribution in [0.3, 0.4) is 0 Å². The summed E-state index contributed by atoms with van der Waals surface area (Å²) < 4.78 is 0. The number of carboxylic acids is 1. The van der Waals surface area contributed by atoms with Crippen LogP contribution in [0.4, 0.5) is 0 Å². The van der Waals surface area contributed by atoms with E-state index in [-0.39, 0.29) is 18.3 Å². The van der Waals surface area contributed by atoms with Crippen molar-refractivity contribution in [3.8, 4) is 0 Å². The largest absolute Gasteiger partial charge is 0.480 e. The van der Waals surface area contributed by atoms with Crippen molar-refractivity contribution in [2.24, 2.45) is 17.6 Å². The van der Waals surface area contributed by atoms with E-state index < -0.39 is 54.5 Å². The van der Waals surface area contributed by atoms with Gasteiger partial charge in [-0.25, -0.2) is 0 Å². The molecule has 0 saturated carbocycles. The van der Waals surface area contributed by atoms with Crippen molar-refractivity contribution in [1.82, 2.24) is 16.0 Å². The second-order valence-corrected chi connectivity index (χ2v) is 7.77. The van der Waals surface area contributed by atoms with Gasteiger partial charge in [0.15, 0.2) is 0 Å². The van der Waals surface area contributed by atoms with Crippen LogP contribution >= 0.6 is 0 Å². The van der Waals surface area contributed by atoms with Crippen LogP contribution < -0.4 is 21.7 Å². The summed E-state index contributed by atoms with van der Waals surface area (Å²) in [4.78, 5) is 47.6. The standard InChI is InChI=1S/C18H34N4O6/c1-9(2)6-12(19)16(26)22-15(11(5)23)18(28)21-13(7-10(3)4)17(27)20-8-14(24)25/h9-13,15,23H,6-8,19H2,1-5H3,(H,20,27)(H,21,28)(H,22,26)(H,24,25). The maximum atomic E-state index is 12.6. The Morgan fingerprint density at radius 3 is 1.82 bits per heavy atom. The summed E-state index contributed by atoms with van der Waals surface area (Å²) in [6, 6.07) is -3.14. The lowest BCUT2D eigenvalue weighted by Crippen LogP contribution is -2.59. The zero-order chi connectivity index (χ0) is 22.0. The molecule has 28 heavy (non-hydrogen) atoms. The molecule has 0 aromatic carbocycles. The van der Waals surface area contributed by atoms with E-state index in [1.807, 2.05) is 27.7 Å². The van der Waals surface area contributed by atoms with Gasteiger partial charge in [-0.05, 0) is 31.6 Å². The zero-order valence-corrected chi connectivity index (χ0v) is 17.2. The van der Waals surface area contributed by atoms with E-state index >= 15 is 0 Å². The van der Waals surface area contributed by atoms with Gasteiger partial charge in [-0.2, -0.15) is 0 Å². The fourth-order valence-electron chi connectivity index (χ4n) is 2.53. The highest BCUT2D eigenvalue weighted by Gasteiger charge is 2.31. The quantitative estimate of drug-likeness (QED) is 0.242. The van der Waals surface area contributed by atoms with Crippen molar-refractivity contribution in [1.29, 1.82) is 0 Å². The highest BCUT2D eigenvalue weighted by Crippen LogP contribution is 2.07. The number of hydrogen-bond donors (Lipinski definition) is 6. The Hall–Kier alpha value is -2.20. The Morgan fingerprint density at radius 1 is 0.857 bits per heavy atom. The van der Waals surface area contributed by atoms with Crippen molar-refractivity contribution in [2.45, 2.75) is 71.7 Å². The molecule has 162 valence electrons. The second kappa shape index (κ2) is 12.3. The molecule has 0 rings (SSSR count). The van der Waals surface area contributed by atoms with Crippen molar-refractivity contribution >= 4 is 23.7 Å². The Labute approximate surface area is 165 Å². The number of amides is 3. The summed E-state index contributed by atoms with van der Waals surface area (Å²) in [5, 5.41) is 25.7. The first-order chi connectivity index (χ1) is 12.8. The summed E-state index contributed by atoms with van der Waals surface area (Å²) in [6.45, 7) is 8.23. The molecule has 3 amide bonds. The number of carboxylic acid groups (broad SMARTS) is 1. The summed E-state index contributed by atoms with van der Waals surface area (Å²) >= 11 is 0. The van der Waals surface area contributed by atoms with E-state index in [9.17, 15) is 24.3 Å². The van der Waals surface area contributed by atoms with Crippen molar-refractivity contribution in [3.05, 3.63) is 0 Å². The van der Waals surface area contributed by atoms with Crippen LogP contribution in [0.1, 0.15) is 47.5 Å². The smallest absolute Gasteiger partial charge is 0.322 e. The summed E-state index contributed by atoms with van der Waals surface area (Å²) in [5.41, 5.74) is 5.80. The maximum absolute atomic E-state index is 12.6. The minimum Gasteiger partial charge on any atom is -0.480 e. The van der Waals surface area contributed by atoms with E-state index in [1.54, 1.807) is 0 Å². The minimum absolute atomic E-state index is 0.0277. The molecule has 7 N–H and O–H groups in total. The molecule has 0 fully saturated rings. The average molecular weight is 402 g/mol. The monoisotopic (exact) mass is 402 g/mol. The summed E-state index contributed by atoms with van der Waals surface area (Å²) in [7, 11) is 0. The van der Waals surface area contributed by atoms with Crippen LogP contribution in [0.25, 0.3) is 0 Å². The van der Waals surface area contributed by atoms with Gasteiger partial charge in [0.05, 0.1) is 12.1 Å². The number of aliphatic hydroxyl groups is 1. The Morgan fingerprint density at radius 2 is 1.39 bits per heavy atom. The van der Waals surface area contributed by atoms with Crippen LogP contribution in [-0.2, 0) is 19.2 Å². The van der Waals surface area contributed by atoms with Crippen molar-refractivity contribution in [3.63, 3.8) is 0 Å². The highest BCUT2D eigenvalue weighted by atomic mass is 16.4. The summed E-state index contributed by atoms with van der Waals surface area (Å²) in [6.07, 6.45) is -0.560. The van der Waals surface area contributed by atoms with E-state index in [4.69, 9.17) is 10.8 Å². The second-order valence-electron chi connectivity index (χ2n) is 7.77. The number of hydrogen-bond acceptors (Lipinski definition) is 6. The summed E-state index contributed by atoms with van der Waals surface area (Å²) in [5.74, 6) is -3.00. The van der Waals surface area contributed by atoms with Gasteiger partial charge in [0.25, 0.3) is 0 Å². The Kier molecular flexibility index (Phi) is 11.3. The lowest BCUT2D eigenvalue weighted by molar-refractivity contribution is -0.139. The van der Waals surface area contributed by atoms with Gasteiger partial charge in [-0.15, -0.1) is 0 Å². The van der Waals surface area contributed by atoms with Crippen LogP contribution in [0.2, 0.25) is 0 Å². The van der Waals surface area contributed by atoms with E-state index in [2.05, 4.69) is 16.0 Å². The molecule has 0 heterocycles. The number of aliphatic carboxylic acids is 1. The van der Waals surface area contributed by atoms with Crippen molar-refractivity contribution in [2.75, 3.05) is 6.54 Å². The Bertz CT molecular complexity index is 550. The van der Waals surface area contributed by atoms with Gasteiger partial charge in [0.1, 0.15) is 18.6 Å². The van der Waals surface area contributed by atoms with Crippen LogP contribution in [-0.4, -0.2) is 64.7 Å². The van der Waals surface area contributed by atoms with Crippen molar-refractivity contribution < 1.29 is 29.4 Å². The first kappa shape index (κ1) is 25.8. The van der Waals surface area contributed by atoms with Crippen LogP contribution in [0.15, 0.2) is 0 Å². The third-order valence-electron chi connectivity index (χ3n) is 3.88. The molecule has 0 aromatic rings. The van der Waals surface area contributed by atoms with Gasteiger partial charge >= 0.3 is 5.97 Å². The molecule has 0 radical (unpaired) electrons. The molecular weight excluding hydrogens is 368 g/mol. The molecule has 10 heteroatoms. The first-order valence-corrected chi connectivity index (χ1v) is 9.39. The first-order valence-electron chi connectivity index (χ1n) is 9.39. The maximum Gasteiger partial charge on any atom is 0.322 e. The molecule has 0 aliphatic rings. The molecule has 0 aliphatic heterocycles. The number of aliphatic hydroxyl groups excluding tert-OH is 1. The van der Waals surface area contributed by atoms with Crippen LogP contribution in [0, 0.1) is 11.8 Å². The lowest BCUT2D eigenvalue weighted by atomic mass is 10.0. The fourth-order valence-corrected chi connectivity index (χ4v) is 2.53. The molecule has 0 saturated heterocycles. The van der Waals surface area contributed by atoms with E-state index in [0.29, 0.717) is 6.42 Å². The van der Waals surface area contributed by atoms with Crippen LogP contribution in [0.5, 0.6) is 0 Å². The molecule has 0 spiro atoms. The molecule has 0 bridgehead atoms. The average Bonchev–Trinajstić information content (AvgIpc) is 2.54. The molecule has 0 aromatic heterocycles. The topological polar surface area (TPSA) is 171 Å². The van der Waals surface area contributed by atoms with Gasteiger partial charge in [-0.1, -0.05) is 27.7 Å². The van der Waals surface area contributed by atoms with Gasteiger partial charge in [0.2, 0.25) is 17.7 Å². The number of nitrogens with two attached hydrogens (primary N) is 1. The Balaban J connectivity index is 5.15. The third-order valence-corrected chi connectivity index (χ3v) is 3.88. The lowest BCUT2D eigenvalue weighted by Gasteiger charge is -2.26. The van der Waals surface area contributed by atoms with Gasteiger partial charge in [0, 0.05) is 0 Å². The molecule has 10 nitrogen and oxygen atoms in total. The van der Waals surface area contributed by atoms with Gasteiger partial charge in [-0.3, -0.25) is 19.2 Å². The molecule has 4 unspecified atom stereocenters. The third kappa shape index (κ3) is 10.2. The molecular formula is C18H34N4O6. The van der Waals surface area contributed by atoms with Gasteiger partial charge < -0.3 is 31.9 Å². The SMILES string of the molecule is CC(C)CC(N)C(=O)NC(C(=O)NC(CC(C)C)C(=O)NCC(=O)O)C(C)O. The highest BCUT2D eigenvalue weighted by molar-refractivity contribution is 5.94. The fraction of sp³-hybridized carbons (Fsp3) is 0.778. The van der Waals surface area contributed by atoms with E-state index in [0.717, 1.165) is 0 Å². The number of rotatable bonds is 12. The van der Waals surface area contributed by atoms with E-state index in [1.165, 1.54) is 6.92 Å².